The number of benzene rings is 4. The van der Waals surface area contributed by atoms with Crippen LogP contribution >= 0.6 is 0 Å². The largest absolute Gasteiger partial charge is 0.457 e. The average Bonchev–Trinajstić information content (AvgIpc) is 3.41. The number of rotatable bonds is 12. The van der Waals surface area contributed by atoms with E-state index in [1.807, 2.05) is 42.5 Å². The highest BCUT2D eigenvalue weighted by molar-refractivity contribution is 5.87. The Bertz CT molecular complexity index is 1650. The maximum Gasteiger partial charge on any atom is 0.220 e. The van der Waals surface area contributed by atoms with Crippen molar-refractivity contribution < 1.29 is 9.53 Å². The zero-order chi connectivity index (χ0) is 30.1. The molecule has 1 amide bonds. The molecule has 1 fully saturated rings. The summed E-state index contributed by atoms with van der Waals surface area (Å²) in [6.07, 6.45) is 7.47. The standard InChI is InChI=1S/C39H43N3O2/c1-30-14-10-11-24-41(30)25-13-23-40-39(43)27-36(32-17-12-20-34(26-32)44-33-18-6-3-7-19-33)37-29-42(28-31-15-4-2-5-16-31)38-22-9-8-21-35(37)38/h2-9,12,15-22,26,29-30,36H,10-11,13-14,23-25,27-28H2,1H3,(H,40,43). The van der Waals surface area contributed by atoms with Gasteiger partial charge in [0.2, 0.25) is 5.91 Å². The summed E-state index contributed by atoms with van der Waals surface area (Å²) in [5.41, 5.74) is 4.64. The molecular weight excluding hydrogens is 542 g/mol. The summed E-state index contributed by atoms with van der Waals surface area (Å²) in [5, 5.41) is 4.43. The fraction of sp³-hybridized carbons (Fsp3) is 0.308. The molecule has 5 aromatic rings. The van der Waals surface area contributed by atoms with Gasteiger partial charge in [-0.1, -0.05) is 85.3 Å². The molecule has 6 rings (SSSR count). The fourth-order valence-electron chi connectivity index (χ4n) is 6.55. The fourth-order valence-corrected chi connectivity index (χ4v) is 6.55. The maximum absolute atomic E-state index is 13.6. The third-order valence-electron chi connectivity index (χ3n) is 8.90. The van der Waals surface area contributed by atoms with Crippen LogP contribution < -0.4 is 10.1 Å². The van der Waals surface area contributed by atoms with E-state index >= 15 is 0 Å². The number of nitrogens with one attached hydrogen (secondary N) is 1. The summed E-state index contributed by atoms with van der Waals surface area (Å²) in [7, 11) is 0. The molecule has 1 aromatic heterocycles. The quantitative estimate of drug-likeness (QED) is 0.150. The summed E-state index contributed by atoms with van der Waals surface area (Å²) < 4.78 is 8.53. The monoisotopic (exact) mass is 585 g/mol. The molecule has 2 heterocycles. The normalized spacial score (nSPS) is 16.1. The first-order valence-corrected chi connectivity index (χ1v) is 16.1. The maximum atomic E-state index is 13.6. The zero-order valence-corrected chi connectivity index (χ0v) is 25.7. The number of aromatic nitrogens is 1. The molecule has 44 heavy (non-hydrogen) atoms. The molecule has 1 N–H and O–H groups in total. The van der Waals surface area contributed by atoms with Crippen LogP contribution in [0.4, 0.5) is 0 Å². The van der Waals surface area contributed by atoms with Crippen molar-refractivity contribution in [2.75, 3.05) is 19.6 Å². The van der Waals surface area contributed by atoms with Crippen molar-refractivity contribution in [2.24, 2.45) is 0 Å². The van der Waals surface area contributed by atoms with E-state index in [4.69, 9.17) is 4.74 Å². The number of nitrogens with zero attached hydrogens (tertiary/aromatic N) is 2. The predicted molar refractivity (Wildman–Crippen MR) is 179 cm³/mol. The minimum atomic E-state index is -0.127. The van der Waals surface area contributed by atoms with Gasteiger partial charge >= 0.3 is 0 Å². The Balaban J connectivity index is 1.26. The van der Waals surface area contributed by atoms with Crippen molar-refractivity contribution in [1.82, 2.24) is 14.8 Å². The highest BCUT2D eigenvalue weighted by Crippen LogP contribution is 2.37. The van der Waals surface area contributed by atoms with Crippen LogP contribution in [0.1, 0.15) is 61.6 Å². The van der Waals surface area contributed by atoms with Crippen LogP contribution in [0.3, 0.4) is 0 Å². The molecule has 0 saturated carbocycles. The van der Waals surface area contributed by atoms with Crippen molar-refractivity contribution in [3.05, 3.63) is 132 Å². The minimum Gasteiger partial charge on any atom is -0.457 e. The van der Waals surface area contributed by atoms with Crippen LogP contribution in [0.5, 0.6) is 11.5 Å². The molecule has 2 unspecified atom stereocenters. The molecule has 0 radical (unpaired) electrons. The van der Waals surface area contributed by atoms with Crippen molar-refractivity contribution in [1.29, 1.82) is 0 Å². The Labute approximate surface area is 261 Å². The van der Waals surface area contributed by atoms with Gasteiger partial charge in [-0.05, 0) is 79.8 Å². The Kier molecular flexibility index (Phi) is 9.73. The van der Waals surface area contributed by atoms with E-state index in [0.717, 1.165) is 42.1 Å². The number of hydrogen-bond donors (Lipinski definition) is 1. The van der Waals surface area contributed by atoms with E-state index in [2.05, 4.69) is 94.6 Å². The van der Waals surface area contributed by atoms with Gasteiger partial charge < -0.3 is 19.5 Å². The number of carbonyl (C=O) groups is 1. The first kappa shape index (κ1) is 29.7. The van der Waals surface area contributed by atoms with Gasteiger partial charge in [0.15, 0.2) is 0 Å². The number of carbonyl (C=O) groups excluding carboxylic acids is 1. The van der Waals surface area contributed by atoms with Crippen LogP contribution in [0.2, 0.25) is 0 Å². The summed E-state index contributed by atoms with van der Waals surface area (Å²) in [4.78, 5) is 16.1. The number of hydrogen-bond acceptors (Lipinski definition) is 3. The Morgan fingerprint density at radius 1 is 0.886 bits per heavy atom. The molecule has 0 spiro atoms. The molecule has 5 nitrogen and oxygen atoms in total. The van der Waals surface area contributed by atoms with Crippen LogP contribution in [0, 0.1) is 0 Å². The lowest BCUT2D eigenvalue weighted by Gasteiger charge is -2.33. The highest BCUT2D eigenvalue weighted by Gasteiger charge is 2.24. The third-order valence-corrected chi connectivity index (χ3v) is 8.90. The highest BCUT2D eigenvalue weighted by atomic mass is 16.5. The lowest BCUT2D eigenvalue weighted by molar-refractivity contribution is -0.121. The van der Waals surface area contributed by atoms with Gasteiger partial charge in [0, 0.05) is 55.1 Å². The van der Waals surface area contributed by atoms with Crippen LogP contribution in [-0.2, 0) is 11.3 Å². The second-order valence-electron chi connectivity index (χ2n) is 12.0. The number of piperidine rings is 1. The summed E-state index contributed by atoms with van der Waals surface area (Å²) in [5.74, 6) is 1.51. The second-order valence-corrected chi connectivity index (χ2v) is 12.0. The van der Waals surface area contributed by atoms with Crippen LogP contribution in [0.15, 0.2) is 115 Å². The van der Waals surface area contributed by atoms with Gasteiger partial charge in [0.05, 0.1) is 0 Å². The molecule has 1 aliphatic heterocycles. The van der Waals surface area contributed by atoms with Gasteiger partial charge in [-0.2, -0.15) is 0 Å². The van der Waals surface area contributed by atoms with Crippen LogP contribution in [0.25, 0.3) is 10.9 Å². The zero-order valence-electron chi connectivity index (χ0n) is 25.7. The Morgan fingerprint density at radius 3 is 2.45 bits per heavy atom. The Hall–Kier alpha value is -4.35. The Morgan fingerprint density at radius 2 is 1.64 bits per heavy atom. The average molecular weight is 586 g/mol. The number of likely N-dealkylation sites (tertiary alicyclic amines) is 1. The van der Waals surface area contributed by atoms with Crippen molar-refractivity contribution in [3.63, 3.8) is 0 Å². The summed E-state index contributed by atoms with van der Waals surface area (Å²) >= 11 is 0. The topological polar surface area (TPSA) is 46.5 Å². The van der Waals surface area contributed by atoms with Crippen molar-refractivity contribution >= 4 is 16.8 Å². The molecular formula is C39H43N3O2. The molecule has 4 aromatic carbocycles. The van der Waals surface area contributed by atoms with Crippen molar-refractivity contribution in [3.8, 4) is 11.5 Å². The van der Waals surface area contributed by atoms with Crippen LogP contribution in [-0.4, -0.2) is 41.1 Å². The van der Waals surface area contributed by atoms with E-state index in [1.54, 1.807) is 0 Å². The first-order valence-electron chi connectivity index (χ1n) is 16.1. The minimum absolute atomic E-state index is 0.0796. The van der Waals surface area contributed by atoms with Gasteiger partial charge in [-0.15, -0.1) is 0 Å². The van der Waals surface area contributed by atoms with Gasteiger partial charge in [0.1, 0.15) is 11.5 Å². The molecule has 226 valence electrons. The summed E-state index contributed by atoms with van der Waals surface area (Å²) in [6, 6.07) is 37.8. The van der Waals surface area contributed by atoms with E-state index < -0.39 is 0 Å². The van der Waals surface area contributed by atoms with E-state index in [0.29, 0.717) is 19.0 Å². The number of para-hydroxylation sites is 2. The van der Waals surface area contributed by atoms with Gasteiger partial charge in [-0.25, -0.2) is 0 Å². The molecule has 1 saturated heterocycles. The lowest BCUT2D eigenvalue weighted by atomic mass is 9.88. The third kappa shape index (κ3) is 7.40. The molecule has 2 atom stereocenters. The van der Waals surface area contributed by atoms with Gasteiger partial charge in [-0.3, -0.25) is 4.79 Å². The van der Waals surface area contributed by atoms with Crippen molar-refractivity contribution in [2.45, 2.75) is 57.5 Å². The summed E-state index contributed by atoms with van der Waals surface area (Å²) in [6.45, 7) is 6.00. The smallest absolute Gasteiger partial charge is 0.220 e. The number of fused-ring (bicyclic) bond motifs is 1. The number of amides is 1. The van der Waals surface area contributed by atoms with E-state index in [-0.39, 0.29) is 11.8 Å². The molecule has 0 aliphatic carbocycles. The van der Waals surface area contributed by atoms with E-state index in [1.165, 1.54) is 42.3 Å². The molecule has 1 aliphatic rings. The SMILES string of the molecule is CC1CCCCN1CCCNC(=O)CC(c1cccc(Oc2ccccc2)c1)c1cn(Cc2ccccc2)c2ccccc12. The second kappa shape index (κ2) is 14.4. The first-order chi connectivity index (χ1) is 21.6. The number of ether oxygens (including phenoxy) is 1. The van der Waals surface area contributed by atoms with Gasteiger partial charge in [0.25, 0.3) is 0 Å². The molecule has 5 heteroatoms. The molecule has 0 bridgehead atoms. The van der Waals surface area contributed by atoms with E-state index in [9.17, 15) is 4.79 Å². The predicted octanol–water partition coefficient (Wildman–Crippen LogP) is 8.38. The lowest BCUT2D eigenvalue weighted by Crippen LogP contribution is -2.39.